The van der Waals surface area contributed by atoms with Crippen LogP contribution in [-0.4, -0.2) is 26.7 Å². The Morgan fingerprint density at radius 3 is 2.76 bits per heavy atom. The first-order valence-electron chi connectivity index (χ1n) is 5.18. The van der Waals surface area contributed by atoms with E-state index in [1.165, 1.54) is 18.4 Å². The van der Waals surface area contributed by atoms with Crippen molar-refractivity contribution < 1.29 is 9.53 Å². The van der Waals surface area contributed by atoms with Gasteiger partial charge < -0.3 is 15.4 Å². The first kappa shape index (κ1) is 13.3. The fourth-order valence-corrected chi connectivity index (χ4v) is 2.51. The van der Waals surface area contributed by atoms with Gasteiger partial charge in [-0.1, -0.05) is 6.92 Å². The van der Waals surface area contributed by atoms with Gasteiger partial charge in [0, 0.05) is 13.6 Å². The molecule has 0 saturated carbocycles. The lowest BCUT2D eigenvalue weighted by molar-refractivity contribution is 0.0603. The molecule has 6 heteroatoms. The second-order valence-electron chi connectivity index (χ2n) is 3.55. The lowest BCUT2D eigenvalue weighted by Crippen LogP contribution is -2.19. The SMILES string of the molecule is CCCN(C)c1sc(C#N)c(N)c1C(=O)OC. The van der Waals surface area contributed by atoms with E-state index >= 15 is 0 Å². The second kappa shape index (κ2) is 5.55. The molecule has 0 aliphatic heterocycles. The van der Waals surface area contributed by atoms with Crippen LogP contribution in [0.4, 0.5) is 10.7 Å². The van der Waals surface area contributed by atoms with E-state index in [9.17, 15) is 4.79 Å². The van der Waals surface area contributed by atoms with Crippen molar-refractivity contribution in [2.24, 2.45) is 0 Å². The van der Waals surface area contributed by atoms with Crippen LogP contribution in [-0.2, 0) is 4.74 Å². The average Bonchev–Trinajstić information content (AvgIpc) is 2.65. The number of methoxy groups -OCH3 is 1. The standard InChI is InChI=1S/C11H15N3O2S/c1-4-5-14(2)10-8(11(15)16-3)9(13)7(6-12)17-10/h4-5,13H2,1-3H3. The fourth-order valence-electron chi connectivity index (χ4n) is 1.52. The first-order chi connectivity index (χ1) is 8.06. The van der Waals surface area contributed by atoms with E-state index in [0.717, 1.165) is 13.0 Å². The van der Waals surface area contributed by atoms with E-state index in [-0.39, 0.29) is 5.69 Å². The zero-order valence-electron chi connectivity index (χ0n) is 10.1. The monoisotopic (exact) mass is 253 g/mol. The molecule has 1 aromatic rings. The van der Waals surface area contributed by atoms with Gasteiger partial charge in [-0.25, -0.2) is 4.79 Å². The third-order valence-electron chi connectivity index (χ3n) is 2.32. The molecule has 0 aromatic carbocycles. The average molecular weight is 253 g/mol. The molecule has 0 saturated heterocycles. The Bertz CT molecular complexity index is 462. The maximum atomic E-state index is 11.7. The molecular formula is C11H15N3O2S. The number of thiophene rings is 1. The van der Waals surface area contributed by atoms with Crippen molar-refractivity contribution >= 4 is 28.0 Å². The summed E-state index contributed by atoms with van der Waals surface area (Å²) in [5.41, 5.74) is 6.29. The zero-order valence-corrected chi connectivity index (χ0v) is 10.9. The number of anilines is 2. The number of carbonyl (C=O) groups is 1. The summed E-state index contributed by atoms with van der Waals surface area (Å²) < 4.78 is 4.70. The van der Waals surface area contributed by atoms with Crippen molar-refractivity contribution in [3.8, 4) is 6.07 Å². The predicted octanol–water partition coefficient (Wildman–Crippen LogP) is 1.83. The zero-order chi connectivity index (χ0) is 13.0. The van der Waals surface area contributed by atoms with Crippen molar-refractivity contribution in [3.63, 3.8) is 0 Å². The van der Waals surface area contributed by atoms with Gasteiger partial charge in [0.25, 0.3) is 0 Å². The molecule has 0 unspecified atom stereocenters. The number of nitrogens with zero attached hydrogens (tertiary/aromatic N) is 2. The molecule has 0 aliphatic rings. The summed E-state index contributed by atoms with van der Waals surface area (Å²) >= 11 is 1.22. The molecule has 1 rings (SSSR count). The number of nitrogen functional groups attached to an aromatic ring is 1. The number of carbonyl (C=O) groups excluding carboxylic acids is 1. The number of hydrogen-bond acceptors (Lipinski definition) is 6. The summed E-state index contributed by atoms with van der Waals surface area (Å²) in [6.07, 6.45) is 0.941. The van der Waals surface area contributed by atoms with E-state index < -0.39 is 5.97 Å². The minimum Gasteiger partial charge on any atom is -0.465 e. The molecule has 0 spiro atoms. The van der Waals surface area contributed by atoms with E-state index in [1.807, 2.05) is 24.9 Å². The summed E-state index contributed by atoms with van der Waals surface area (Å²) in [6, 6.07) is 1.99. The highest BCUT2D eigenvalue weighted by atomic mass is 32.1. The maximum absolute atomic E-state index is 11.7. The Balaban J connectivity index is 3.29. The van der Waals surface area contributed by atoms with Crippen molar-refractivity contribution in [3.05, 3.63) is 10.4 Å². The lowest BCUT2D eigenvalue weighted by Gasteiger charge is -2.17. The molecular weight excluding hydrogens is 238 g/mol. The van der Waals surface area contributed by atoms with E-state index in [2.05, 4.69) is 0 Å². The highest BCUT2D eigenvalue weighted by Crippen LogP contribution is 2.37. The third-order valence-corrected chi connectivity index (χ3v) is 3.55. The van der Waals surface area contributed by atoms with Gasteiger partial charge in [-0.2, -0.15) is 5.26 Å². The number of ether oxygens (including phenoxy) is 1. The normalized spacial score (nSPS) is 9.76. The van der Waals surface area contributed by atoms with E-state index in [4.69, 9.17) is 15.7 Å². The van der Waals surface area contributed by atoms with E-state index in [0.29, 0.717) is 15.4 Å². The molecule has 2 N–H and O–H groups in total. The molecule has 0 aliphatic carbocycles. The van der Waals surface area contributed by atoms with Crippen molar-refractivity contribution in [2.75, 3.05) is 31.3 Å². The summed E-state index contributed by atoms with van der Waals surface area (Å²) in [6.45, 7) is 2.82. The molecule has 17 heavy (non-hydrogen) atoms. The third kappa shape index (κ3) is 2.50. The van der Waals surface area contributed by atoms with Crippen LogP contribution in [0.5, 0.6) is 0 Å². The van der Waals surface area contributed by atoms with Gasteiger partial charge in [-0.15, -0.1) is 11.3 Å². The lowest BCUT2D eigenvalue weighted by atomic mass is 10.2. The van der Waals surface area contributed by atoms with Crippen LogP contribution < -0.4 is 10.6 Å². The van der Waals surface area contributed by atoms with Crippen LogP contribution in [0, 0.1) is 11.3 Å². The molecule has 0 bridgehead atoms. The molecule has 0 atom stereocenters. The number of nitriles is 1. The summed E-state index contributed by atoms with van der Waals surface area (Å²) in [7, 11) is 3.16. The minimum atomic E-state index is -0.502. The number of rotatable bonds is 4. The topological polar surface area (TPSA) is 79.4 Å². The van der Waals surface area contributed by atoms with Crippen LogP contribution in [0.1, 0.15) is 28.6 Å². The van der Waals surface area contributed by atoms with Crippen LogP contribution in [0.2, 0.25) is 0 Å². The molecule has 1 heterocycles. The van der Waals surface area contributed by atoms with Gasteiger partial charge in [0.2, 0.25) is 0 Å². The molecule has 0 radical (unpaired) electrons. The molecule has 1 aromatic heterocycles. The molecule has 5 nitrogen and oxygen atoms in total. The fraction of sp³-hybridized carbons (Fsp3) is 0.455. The minimum absolute atomic E-state index is 0.210. The summed E-state index contributed by atoms with van der Waals surface area (Å²) in [4.78, 5) is 13.9. The van der Waals surface area contributed by atoms with Gasteiger partial charge in [0.05, 0.1) is 12.8 Å². The summed E-state index contributed by atoms with van der Waals surface area (Å²) in [5.74, 6) is -0.502. The van der Waals surface area contributed by atoms with Crippen molar-refractivity contribution in [1.29, 1.82) is 5.26 Å². The van der Waals surface area contributed by atoms with Crippen LogP contribution in [0.3, 0.4) is 0 Å². The van der Waals surface area contributed by atoms with Gasteiger partial charge in [-0.3, -0.25) is 0 Å². The van der Waals surface area contributed by atoms with Crippen LogP contribution in [0.15, 0.2) is 0 Å². The second-order valence-corrected chi connectivity index (χ2v) is 4.55. The highest BCUT2D eigenvalue weighted by molar-refractivity contribution is 7.17. The smallest absolute Gasteiger partial charge is 0.343 e. The molecule has 0 amide bonds. The predicted molar refractivity (Wildman–Crippen MR) is 68.3 cm³/mol. The van der Waals surface area contributed by atoms with Crippen molar-refractivity contribution in [2.45, 2.75) is 13.3 Å². The Kier molecular flexibility index (Phi) is 4.35. The number of hydrogen-bond donors (Lipinski definition) is 1. The largest absolute Gasteiger partial charge is 0.465 e. The number of esters is 1. The van der Waals surface area contributed by atoms with Crippen LogP contribution in [0.25, 0.3) is 0 Å². The van der Waals surface area contributed by atoms with Crippen molar-refractivity contribution in [1.82, 2.24) is 0 Å². The Hall–Kier alpha value is -1.74. The Morgan fingerprint density at radius 1 is 1.65 bits per heavy atom. The molecule has 0 fully saturated rings. The van der Waals surface area contributed by atoms with Gasteiger partial charge in [0.15, 0.2) is 0 Å². The molecule has 92 valence electrons. The Morgan fingerprint density at radius 2 is 2.29 bits per heavy atom. The van der Waals surface area contributed by atoms with Gasteiger partial charge in [-0.05, 0) is 6.42 Å². The summed E-state index contributed by atoms with van der Waals surface area (Å²) in [5, 5.41) is 9.62. The quantitative estimate of drug-likeness (QED) is 0.828. The maximum Gasteiger partial charge on any atom is 0.343 e. The van der Waals surface area contributed by atoms with Crippen LogP contribution >= 0.6 is 11.3 Å². The van der Waals surface area contributed by atoms with Gasteiger partial charge in [0.1, 0.15) is 21.5 Å². The highest BCUT2D eigenvalue weighted by Gasteiger charge is 2.24. The first-order valence-corrected chi connectivity index (χ1v) is 6.00. The Labute approximate surface area is 104 Å². The van der Waals surface area contributed by atoms with Gasteiger partial charge >= 0.3 is 5.97 Å². The number of nitrogens with two attached hydrogens (primary N) is 1. The van der Waals surface area contributed by atoms with E-state index in [1.54, 1.807) is 0 Å².